The monoisotopic (exact) mass is 356 g/mol. The third kappa shape index (κ3) is 3.20. The SMILES string of the molecule is CC(N)c1ccc(Sc2nc(=O)c(=O)[nH]n2C)c(Br)c1. The molecule has 1 unspecified atom stereocenters. The van der Waals surface area contributed by atoms with Crippen molar-refractivity contribution in [3.8, 4) is 0 Å². The van der Waals surface area contributed by atoms with E-state index < -0.39 is 11.1 Å². The largest absolute Gasteiger partial charge is 0.339 e. The van der Waals surface area contributed by atoms with E-state index in [0.29, 0.717) is 5.16 Å². The smallest absolute Gasteiger partial charge is 0.324 e. The maximum atomic E-state index is 11.3. The molecule has 0 amide bonds. The third-order valence-corrected chi connectivity index (χ3v) is 4.67. The lowest BCUT2D eigenvalue weighted by Crippen LogP contribution is -2.33. The molecule has 2 aromatic rings. The number of hydrogen-bond acceptors (Lipinski definition) is 5. The second kappa shape index (κ2) is 5.94. The van der Waals surface area contributed by atoms with Gasteiger partial charge in [-0.05, 0) is 52.3 Å². The van der Waals surface area contributed by atoms with Gasteiger partial charge in [0, 0.05) is 22.5 Å². The Hall–Kier alpha value is -1.38. The Morgan fingerprint density at radius 1 is 1.45 bits per heavy atom. The van der Waals surface area contributed by atoms with E-state index in [0.717, 1.165) is 14.9 Å². The van der Waals surface area contributed by atoms with E-state index in [1.165, 1.54) is 16.4 Å². The van der Waals surface area contributed by atoms with Crippen LogP contribution >= 0.6 is 27.7 Å². The molecule has 0 bridgehead atoms. The van der Waals surface area contributed by atoms with Crippen molar-refractivity contribution in [2.75, 3.05) is 0 Å². The first-order valence-electron chi connectivity index (χ1n) is 5.78. The summed E-state index contributed by atoms with van der Waals surface area (Å²) in [5, 5.41) is 2.81. The van der Waals surface area contributed by atoms with Gasteiger partial charge in [-0.2, -0.15) is 4.98 Å². The van der Waals surface area contributed by atoms with Crippen LogP contribution in [0.2, 0.25) is 0 Å². The van der Waals surface area contributed by atoms with Crippen LogP contribution in [0, 0.1) is 0 Å². The van der Waals surface area contributed by atoms with Crippen LogP contribution in [-0.2, 0) is 7.05 Å². The fourth-order valence-corrected chi connectivity index (χ4v) is 2.97. The fraction of sp³-hybridized carbons (Fsp3) is 0.250. The van der Waals surface area contributed by atoms with Crippen molar-refractivity contribution in [3.63, 3.8) is 0 Å². The van der Waals surface area contributed by atoms with Gasteiger partial charge in [-0.3, -0.25) is 19.4 Å². The molecule has 0 radical (unpaired) electrons. The summed E-state index contributed by atoms with van der Waals surface area (Å²) >= 11 is 4.75. The second-order valence-corrected chi connectivity index (χ2v) is 6.14. The van der Waals surface area contributed by atoms with Crippen molar-refractivity contribution in [3.05, 3.63) is 48.9 Å². The Morgan fingerprint density at radius 2 is 2.15 bits per heavy atom. The highest BCUT2D eigenvalue weighted by Gasteiger charge is 2.10. The predicted molar refractivity (Wildman–Crippen MR) is 81.0 cm³/mol. The molecule has 3 N–H and O–H groups in total. The van der Waals surface area contributed by atoms with E-state index >= 15 is 0 Å². The lowest BCUT2D eigenvalue weighted by Gasteiger charge is -2.10. The number of nitrogens with one attached hydrogen (secondary N) is 1. The Kier molecular flexibility index (Phi) is 4.46. The molecule has 0 aliphatic rings. The van der Waals surface area contributed by atoms with Crippen LogP contribution in [0.15, 0.2) is 42.3 Å². The van der Waals surface area contributed by atoms with E-state index in [4.69, 9.17) is 5.73 Å². The lowest BCUT2D eigenvalue weighted by molar-refractivity contribution is 0.596. The summed E-state index contributed by atoms with van der Waals surface area (Å²) in [6, 6.07) is 5.68. The van der Waals surface area contributed by atoms with Crippen LogP contribution in [0.4, 0.5) is 0 Å². The zero-order chi connectivity index (χ0) is 14.9. The van der Waals surface area contributed by atoms with E-state index in [2.05, 4.69) is 26.0 Å². The Bertz CT molecular complexity index is 754. The Morgan fingerprint density at radius 3 is 2.75 bits per heavy atom. The molecule has 1 atom stereocenters. The number of H-pyrrole nitrogens is 1. The summed E-state index contributed by atoms with van der Waals surface area (Å²) in [5.74, 6) is 0. The van der Waals surface area contributed by atoms with Crippen molar-refractivity contribution >= 4 is 27.7 Å². The number of rotatable bonds is 3. The summed E-state index contributed by atoms with van der Waals surface area (Å²) in [4.78, 5) is 27.1. The summed E-state index contributed by atoms with van der Waals surface area (Å²) in [7, 11) is 1.63. The summed E-state index contributed by atoms with van der Waals surface area (Å²) in [6.45, 7) is 1.90. The predicted octanol–water partition coefficient (Wildman–Crippen LogP) is 1.40. The molecule has 0 saturated carbocycles. The molecule has 0 fully saturated rings. The minimum absolute atomic E-state index is 0.0547. The highest BCUT2D eigenvalue weighted by Crippen LogP contribution is 2.32. The number of halogens is 1. The molecule has 2 rings (SSSR count). The number of nitrogens with zero attached hydrogens (tertiary/aromatic N) is 2. The van der Waals surface area contributed by atoms with Gasteiger partial charge in [0.15, 0.2) is 5.16 Å². The molecule has 0 spiro atoms. The van der Waals surface area contributed by atoms with E-state index in [1.807, 2.05) is 25.1 Å². The summed E-state index contributed by atoms with van der Waals surface area (Å²) in [6.07, 6.45) is 0. The molecule has 6 nitrogen and oxygen atoms in total. The van der Waals surface area contributed by atoms with E-state index in [9.17, 15) is 9.59 Å². The molecule has 0 aliphatic carbocycles. The normalized spacial score (nSPS) is 12.4. The Balaban J connectivity index is 2.38. The van der Waals surface area contributed by atoms with Crippen LogP contribution in [0.1, 0.15) is 18.5 Å². The van der Waals surface area contributed by atoms with Gasteiger partial charge in [0.1, 0.15) is 0 Å². The van der Waals surface area contributed by atoms with Crippen molar-refractivity contribution in [1.29, 1.82) is 0 Å². The molecule has 8 heteroatoms. The number of aromatic nitrogens is 3. The third-order valence-electron chi connectivity index (χ3n) is 2.63. The minimum Gasteiger partial charge on any atom is -0.324 e. The standard InChI is InChI=1S/C12H13BrN4O2S/c1-6(14)7-3-4-9(8(13)5-7)20-12-15-10(18)11(19)16-17(12)2/h3-6H,14H2,1-2H3,(H,16,19). The molecule has 1 aromatic carbocycles. The van der Waals surface area contributed by atoms with Crippen molar-refractivity contribution in [2.45, 2.75) is 23.0 Å². The molecular formula is C12H13BrN4O2S. The zero-order valence-electron chi connectivity index (χ0n) is 10.9. The van der Waals surface area contributed by atoms with Crippen molar-refractivity contribution in [2.24, 2.45) is 12.8 Å². The lowest BCUT2D eigenvalue weighted by atomic mass is 10.1. The van der Waals surface area contributed by atoms with Gasteiger partial charge >= 0.3 is 11.1 Å². The number of aromatic amines is 1. The van der Waals surface area contributed by atoms with Gasteiger partial charge < -0.3 is 5.73 Å². The first kappa shape index (κ1) is 15.0. The van der Waals surface area contributed by atoms with Crippen molar-refractivity contribution in [1.82, 2.24) is 14.8 Å². The van der Waals surface area contributed by atoms with Crippen LogP contribution < -0.4 is 16.9 Å². The number of aryl methyl sites for hydroxylation is 1. The van der Waals surface area contributed by atoms with Gasteiger partial charge in [0.05, 0.1) is 0 Å². The maximum Gasteiger partial charge on any atom is 0.339 e. The highest BCUT2D eigenvalue weighted by molar-refractivity contribution is 9.10. The molecular weight excluding hydrogens is 344 g/mol. The van der Waals surface area contributed by atoms with Crippen LogP contribution in [0.3, 0.4) is 0 Å². The average Bonchev–Trinajstić information content (AvgIpc) is 2.37. The van der Waals surface area contributed by atoms with Crippen LogP contribution in [0.5, 0.6) is 0 Å². The van der Waals surface area contributed by atoms with Gasteiger partial charge in [-0.15, -0.1) is 0 Å². The van der Waals surface area contributed by atoms with Gasteiger partial charge in [-0.25, -0.2) is 0 Å². The molecule has 20 heavy (non-hydrogen) atoms. The minimum atomic E-state index is -0.797. The molecule has 0 saturated heterocycles. The van der Waals surface area contributed by atoms with Gasteiger partial charge in [0.25, 0.3) is 0 Å². The second-order valence-electron chi connectivity index (χ2n) is 4.28. The number of benzene rings is 1. The number of nitrogens with two attached hydrogens (primary N) is 1. The summed E-state index contributed by atoms with van der Waals surface area (Å²) < 4.78 is 2.28. The fourth-order valence-electron chi connectivity index (χ4n) is 1.53. The van der Waals surface area contributed by atoms with E-state index in [-0.39, 0.29) is 6.04 Å². The summed E-state index contributed by atoms with van der Waals surface area (Å²) in [5.41, 5.74) is 5.29. The maximum absolute atomic E-state index is 11.3. The van der Waals surface area contributed by atoms with Crippen LogP contribution in [0.25, 0.3) is 0 Å². The molecule has 106 valence electrons. The first-order valence-corrected chi connectivity index (χ1v) is 7.39. The topological polar surface area (TPSA) is 93.8 Å². The van der Waals surface area contributed by atoms with Crippen LogP contribution in [-0.4, -0.2) is 14.8 Å². The van der Waals surface area contributed by atoms with Crippen molar-refractivity contribution < 1.29 is 0 Å². The highest BCUT2D eigenvalue weighted by atomic mass is 79.9. The number of hydrogen-bond donors (Lipinski definition) is 2. The quantitative estimate of drug-likeness (QED) is 0.810. The van der Waals surface area contributed by atoms with E-state index in [1.54, 1.807) is 7.05 Å². The zero-order valence-corrected chi connectivity index (χ0v) is 13.3. The molecule has 1 aromatic heterocycles. The first-order chi connectivity index (χ1) is 9.38. The molecule has 0 aliphatic heterocycles. The average molecular weight is 357 g/mol. The van der Waals surface area contributed by atoms with Gasteiger partial charge in [0.2, 0.25) is 0 Å². The van der Waals surface area contributed by atoms with Gasteiger partial charge in [-0.1, -0.05) is 6.07 Å². The Labute approximate surface area is 127 Å². The molecule has 1 heterocycles.